The van der Waals surface area contributed by atoms with Crippen molar-refractivity contribution in [3.8, 4) is 0 Å². The van der Waals surface area contributed by atoms with Crippen LogP contribution in [0.4, 0.5) is 0 Å². The first-order valence-electron chi connectivity index (χ1n) is 7.52. The molecule has 0 saturated carbocycles. The molecule has 0 spiro atoms. The van der Waals surface area contributed by atoms with Gasteiger partial charge in [0.2, 0.25) is 0 Å². The number of fused-ring (bicyclic) bond motifs is 1. The number of esters is 1. The molecule has 2 saturated heterocycles. The maximum atomic E-state index is 11.1. The zero-order valence-electron chi connectivity index (χ0n) is 11.9. The van der Waals surface area contributed by atoms with E-state index in [1.807, 2.05) is 0 Å². The number of carbonyl (C=O) groups excluding carboxylic acids is 1. The zero-order valence-corrected chi connectivity index (χ0v) is 11.9. The first-order valence-corrected chi connectivity index (χ1v) is 7.52. The highest BCUT2D eigenvalue weighted by molar-refractivity contribution is 5.70. The van der Waals surface area contributed by atoms with E-state index < -0.39 is 0 Å². The maximum Gasteiger partial charge on any atom is 0.332 e. The van der Waals surface area contributed by atoms with E-state index in [0.29, 0.717) is 19.3 Å². The Hall–Kier alpha value is -0.650. The fraction of sp³-hybridized carbons (Fsp3) is 0.929. The summed E-state index contributed by atoms with van der Waals surface area (Å²) in [5.41, 5.74) is 0. The largest absolute Gasteiger partial charge is 0.464 e. The summed E-state index contributed by atoms with van der Waals surface area (Å²) in [6, 6.07) is 1.32. The predicted molar refractivity (Wildman–Crippen MR) is 73.1 cm³/mol. The van der Waals surface area contributed by atoms with Crippen LogP contribution >= 0.6 is 0 Å². The highest BCUT2D eigenvalue weighted by atomic mass is 16.6. The van der Waals surface area contributed by atoms with Crippen molar-refractivity contribution in [2.45, 2.75) is 44.7 Å². The number of nitrogens with zero attached hydrogens (tertiary/aromatic N) is 1. The molecule has 110 valence electrons. The first-order chi connectivity index (χ1) is 9.31. The monoisotopic (exact) mass is 270 g/mol. The van der Waals surface area contributed by atoms with Gasteiger partial charge in [0.05, 0.1) is 13.2 Å². The molecule has 0 aromatic carbocycles. The molecule has 2 rings (SSSR count). The molecule has 2 unspecified atom stereocenters. The fourth-order valence-electron chi connectivity index (χ4n) is 3.16. The van der Waals surface area contributed by atoms with Crippen LogP contribution in [0, 0.1) is 0 Å². The van der Waals surface area contributed by atoms with Crippen LogP contribution in [0.3, 0.4) is 0 Å². The van der Waals surface area contributed by atoms with Crippen LogP contribution in [0.1, 0.15) is 32.6 Å². The summed E-state index contributed by atoms with van der Waals surface area (Å²) in [6.45, 7) is 6.16. The van der Waals surface area contributed by atoms with Crippen LogP contribution in [0.25, 0.3) is 0 Å². The quantitative estimate of drug-likeness (QED) is 0.547. The van der Waals surface area contributed by atoms with Gasteiger partial charge in [0, 0.05) is 25.2 Å². The van der Waals surface area contributed by atoms with E-state index >= 15 is 0 Å². The van der Waals surface area contributed by atoms with Gasteiger partial charge in [-0.25, -0.2) is 4.79 Å². The van der Waals surface area contributed by atoms with Gasteiger partial charge in [-0.15, -0.1) is 0 Å². The van der Waals surface area contributed by atoms with Gasteiger partial charge in [-0.05, 0) is 32.7 Å². The van der Waals surface area contributed by atoms with Crippen molar-refractivity contribution < 1.29 is 14.3 Å². The molecule has 2 aliphatic rings. The molecule has 0 aromatic rings. The lowest BCUT2D eigenvalue weighted by Crippen LogP contribution is -2.45. The Morgan fingerprint density at radius 1 is 1.32 bits per heavy atom. The Bertz CT molecular complexity index is 286. The third-order valence-electron chi connectivity index (χ3n) is 4.03. The van der Waals surface area contributed by atoms with Crippen molar-refractivity contribution in [3.63, 3.8) is 0 Å². The van der Waals surface area contributed by atoms with E-state index in [0.717, 1.165) is 12.6 Å². The molecule has 2 heterocycles. The predicted octanol–water partition coefficient (Wildman–Crippen LogP) is 0.783. The summed E-state index contributed by atoms with van der Waals surface area (Å²) >= 11 is 0. The number of ether oxygens (including phenoxy) is 2. The van der Waals surface area contributed by atoms with Gasteiger partial charge >= 0.3 is 5.97 Å². The molecule has 5 heteroatoms. The van der Waals surface area contributed by atoms with Crippen LogP contribution < -0.4 is 5.32 Å². The molecule has 5 nitrogen and oxygen atoms in total. The van der Waals surface area contributed by atoms with Crippen molar-refractivity contribution in [3.05, 3.63) is 0 Å². The Morgan fingerprint density at radius 2 is 2.21 bits per heavy atom. The van der Waals surface area contributed by atoms with E-state index in [1.54, 1.807) is 6.92 Å². The number of nitrogens with one attached hydrogen (secondary N) is 1. The summed E-state index contributed by atoms with van der Waals surface area (Å²) < 4.78 is 10.1. The van der Waals surface area contributed by atoms with Crippen LogP contribution in [0.5, 0.6) is 0 Å². The molecule has 1 N–H and O–H groups in total. The van der Waals surface area contributed by atoms with Crippen molar-refractivity contribution in [1.29, 1.82) is 0 Å². The number of hydrogen-bond acceptors (Lipinski definition) is 5. The lowest BCUT2D eigenvalue weighted by Gasteiger charge is -2.32. The van der Waals surface area contributed by atoms with Gasteiger partial charge in [0.1, 0.15) is 6.61 Å². The molecule has 0 radical (unpaired) electrons. The average molecular weight is 270 g/mol. The standard InChI is InChI=1S/C14H26N2O3/c1-2-19-14(17)11-18-10-7-15-12-6-9-16-8-4-3-5-13(12)16/h12-13,15H,2-11H2,1H3. The zero-order chi connectivity index (χ0) is 13.5. The van der Waals surface area contributed by atoms with Crippen LogP contribution in [-0.4, -0.2) is 62.4 Å². The minimum absolute atomic E-state index is 0.0652. The summed E-state index contributed by atoms with van der Waals surface area (Å²) in [5, 5.41) is 3.57. The lowest BCUT2D eigenvalue weighted by atomic mass is 9.99. The summed E-state index contributed by atoms with van der Waals surface area (Å²) in [5.74, 6) is -0.276. The topological polar surface area (TPSA) is 50.8 Å². The third-order valence-corrected chi connectivity index (χ3v) is 4.03. The van der Waals surface area contributed by atoms with Gasteiger partial charge in [-0.1, -0.05) is 6.42 Å². The van der Waals surface area contributed by atoms with Crippen molar-refractivity contribution in [2.75, 3.05) is 39.5 Å². The van der Waals surface area contributed by atoms with Crippen molar-refractivity contribution in [2.24, 2.45) is 0 Å². The molecule has 2 fully saturated rings. The average Bonchev–Trinajstić information content (AvgIpc) is 2.82. The summed E-state index contributed by atoms with van der Waals surface area (Å²) in [7, 11) is 0. The van der Waals surface area contributed by atoms with Crippen LogP contribution in [0.2, 0.25) is 0 Å². The Balaban J connectivity index is 1.55. The lowest BCUT2D eigenvalue weighted by molar-refractivity contribution is -0.148. The van der Waals surface area contributed by atoms with E-state index in [1.165, 1.54) is 38.8 Å². The van der Waals surface area contributed by atoms with Crippen molar-refractivity contribution in [1.82, 2.24) is 10.2 Å². The molecule has 0 aromatic heterocycles. The van der Waals surface area contributed by atoms with Gasteiger partial charge in [0.15, 0.2) is 0 Å². The Labute approximate surface area is 115 Å². The van der Waals surface area contributed by atoms with Gasteiger partial charge in [-0.2, -0.15) is 0 Å². The minimum atomic E-state index is -0.276. The number of hydrogen-bond donors (Lipinski definition) is 1. The van der Waals surface area contributed by atoms with E-state index in [4.69, 9.17) is 9.47 Å². The number of carbonyl (C=O) groups is 1. The summed E-state index contributed by atoms with van der Waals surface area (Å²) in [4.78, 5) is 13.7. The second-order valence-corrected chi connectivity index (χ2v) is 5.31. The Kier molecular flexibility index (Phi) is 6.07. The second kappa shape index (κ2) is 7.82. The fourth-order valence-corrected chi connectivity index (χ4v) is 3.16. The molecular formula is C14H26N2O3. The Morgan fingerprint density at radius 3 is 3.05 bits per heavy atom. The van der Waals surface area contributed by atoms with E-state index in [9.17, 15) is 4.79 Å². The van der Waals surface area contributed by atoms with Gasteiger partial charge in [0.25, 0.3) is 0 Å². The highest BCUT2D eigenvalue weighted by Gasteiger charge is 2.34. The van der Waals surface area contributed by atoms with E-state index in [-0.39, 0.29) is 12.6 Å². The second-order valence-electron chi connectivity index (χ2n) is 5.31. The molecule has 0 aliphatic carbocycles. The molecule has 2 aliphatic heterocycles. The third kappa shape index (κ3) is 4.44. The molecule has 0 bridgehead atoms. The minimum Gasteiger partial charge on any atom is -0.464 e. The van der Waals surface area contributed by atoms with Crippen LogP contribution in [0.15, 0.2) is 0 Å². The normalized spacial score (nSPS) is 27.2. The smallest absolute Gasteiger partial charge is 0.332 e. The molecular weight excluding hydrogens is 244 g/mol. The van der Waals surface area contributed by atoms with Crippen molar-refractivity contribution >= 4 is 5.97 Å². The van der Waals surface area contributed by atoms with Gasteiger partial charge in [-0.3, -0.25) is 4.90 Å². The molecule has 2 atom stereocenters. The number of rotatable bonds is 7. The summed E-state index contributed by atoms with van der Waals surface area (Å²) in [6.07, 6.45) is 5.27. The first kappa shape index (κ1) is 14.8. The highest BCUT2D eigenvalue weighted by Crippen LogP contribution is 2.26. The maximum absolute atomic E-state index is 11.1. The molecule has 19 heavy (non-hydrogen) atoms. The SMILES string of the molecule is CCOC(=O)COCCNC1CCN2CCCCC12. The number of piperidine rings is 1. The van der Waals surface area contributed by atoms with E-state index in [2.05, 4.69) is 10.2 Å². The van der Waals surface area contributed by atoms with Gasteiger partial charge < -0.3 is 14.8 Å². The van der Waals surface area contributed by atoms with Crippen LogP contribution in [-0.2, 0) is 14.3 Å². The molecule has 0 amide bonds.